The molecular formula is C9H11BrFNO2. The molecule has 0 heterocycles. The van der Waals surface area contributed by atoms with Crippen molar-refractivity contribution in [1.82, 2.24) is 0 Å². The van der Waals surface area contributed by atoms with E-state index >= 15 is 0 Å². The Morgan fingerprint density at radius 3 is 2.79 bits per heavy atom. The van der Waals surface area contributed by atoms with E-state index in [0.29, 0.717) is 10.0 Å². The predicted molar refractivity (Wildman–Crippen MR) is 55.3 cm³/mol. The Bertz CT molecular complexity index is 333. The number of alkyl halides is 1. The van der Waals surface area contributed by atoms with Gasteiger partial charge in [0, 0.05) is 10.0 Å². The molecule has 1 aromatic carbocycles. The van der Waals surface area contributed by atoms with Crippen LogP contribution in [-0.2, 0) is 0 Å². The topological polar surface area (TPSA) is 55.5 Å². The molecule has 0 spiro atoms. The van der Waals surface area contributed by atoms with Crippen molar-refractivity contribution in [2.45, 2.75) is 6.04 Å². The second kappa shape index (κ2) is 4.61. The van der Waals surface area contributed by atoms with Crippen molar-refractivity contribution in [3.05, 3.63) is 22.2 Å². The van der Waals surface area contributed by atoms with Gasteiger partial charge in [-0.25, -0.2) is 4.39 Å². The smallest absolute Gasteiger partial charge is 0.162 e. The molecule has 5 heteroatoms. The summed E-state index contributed by atoms with van der Waals surface area (Å²) in [6.45, 7) is -0.729. The van der Waals surface area contributed by atoms with Crippen LogP contribution in [0.5, 0.6) is 11.5 Å². The van der Waals surface area contributed by atoms with Gasteiger partial charge in [-0.3, -0.25) is 0 Å². The largest absolute Gasteiger partial charge is 0.504 e. The molecule has 0 saturated heterocycles. The lowest BCUT2D eigenvalue weighted by Gasteiger charge is -2.13. The zero-order valence-electron chi connectivity index (χ0n) is 7.63. The highest BCUT2D eigenvalue weighted by atomic mass is 79.9. The van der Waals surface area contributed by atoms with E-state index in [4.69, 9.17) is 10.5 Å². The molecule has 0 bridgehead atoms. The van der Waals surface area contributed by atoms with Crippen molar-refractivity contribution >= 4 is 15.9 Å². The lowest BCUT2D eigenvalue weighted by atomic mass is 10.1. The SMILES string of the molecule is COc1cc(Br)cc([C@H](N)CF)c1O. The minimum absolute atomic E-state index is 0.110. The molecule has 1 rings (SSSR count). The molecule has 3 nitrogen and oxygen atoms in total. The first kappa shape index (κ1) is 11.3. The van der Waals surface area contributed by atoms with Crippen LogP contribution in [0.25, 0.3) is 0 Å². The summed E-state index contributed by atoms with van der Waals surface area (Å²) in [6, 6.07) is 2.33. The quantitative estimate of drug-likeness (QED) is 0.879. The van der Waals surface area contributed by atoms with Gasteiger partial charge in [0.1, 0.15) is 6.67 Å². The predicted octanol–water partition coefficient (Wildman–Crippen LogP) is 2.13. The van der Waals surface area contributed by atoms with Crippen molar-refractivity contribution in [2.24, 2.45) is 5.73 Å². The number of phenols is 1. The highest BCUT2D eigenvalue weighted by molar-refractivity contribution is 9.10. The number of hydrogen-bond acceptors (Lipinski definition) is 3. The number of rotatable bonds is 3. The van der Waals surface area contributed by atoms with Gasteiger partial charge in [0.15, 0.2) is 11.5 Å². The van der Waals surface area contributed by atoms with Gasteiger partial charge in [-0.15, -0.1) is 0 Å². The molecule has 0 aliphatic carbocycles. The van der Waals surface area contributed by atoms with Gasteiger partial charge in [-0.05, 0) is 12.1 Å². The molecule has 0 fully saturated rings. The number of halogens is 2. The van der Waals surface area contributed by atoms with Crippen molar-refractivity contribution in [3.8, 4) is 11.5 Å². The van der Waals surface area contributed by atoms with Gasteiger partial charge in [0.25, 0.3) is 0 Å². The Kier molecular flexibility index (Phi) is 3.71. The number of ether oxygens (including phenoxy) is 1. The van der Waals surface area contributed by atoms with Crippen LogP contribution in [-0.4, -0.2) is 18.9 Å². The van der Waals surface area contributed by atoms with Crippen molar-refractivity contribution in [3.63, 3.8) is 0 Å². The lowest BCUT2D eigenvalue weighted by molar-refractivity contribution is 0.362. The van der Waals surface area contributed by atoms with E-state index in [9.17, 15) is 9.50 Å². The van der Waals surface area contributed by atoms with E-state index < -0.39 is 12.7 Å². The van der Waals surface area contributed by atoms with Gasteiger partial charge in [-0.2, -0.15) is 0 Å². The molecule has 0 unspecified atom stereocenters. The Balaban J connectivity index is 3.21. The first-order chi connectivity index (χ1) is 6.60. The van der Waals surface area contributed by atoms with E-state index in [0.717, 1.165) is 0 Å². The summed E-state index contributed by atoms with van der Waals surface area (Å²) >= 11 is 3.22. The molecule has 0 amide bonds. The molecule has 78 valence electrons. The van der Waals surface area contributed by atoms with Crippen LogP contribution in [0.2, 0.25) is 0 Å². The first-order valence-corrected chi connectivity index (χ1v) is 4.77. The van der Waals surface area contributed by atoms with Gasteiger partial charge in [-0.1, -0.05) is 15.9 Å². The van der Waals surface area contributed by atoms with Crippen LogP contribution >= 0.6 is 15.9 Å². The van der Waals surface area contributed by atoms with Gasteiger partial charge in [0.05, 0.1) is 13.2 Å². The fourth-order valence-corrected chi connectivity index (χ4v) is 1.57. The molecule has 0 aromatic heterocycles. The number of hydrogen-bond donors (Lipinski definition) is 2. The first-order valence-electron chi connectivity index (χ1n) is 3.98. The van der Waals surface area contributed by atoms with Gasteiger partial charge in [0.2, 0.25) is 0 Å². The highest BCUT2D eigenvalue weighted by Gasteiger charge is 2.15. The number of aromatic hydroxyl groups is 1. The molecular weight excluding hydrogens is 253 g/mol. The van der Waals surface area contributed by atoms with Crippen LogP contribution in [0, 0.1) is 0 Å². The van der Waals surface area contributed by atoms with Crippen LogP contribution in [0.4, 0.5) is 4.39 Å². The van der Waals surface area contributed by atoms with Crippen LogP contribution in [0.15, 0.2) is 16.6 Å². The summed E-state index contributed by atoms with van der Waals surface area (Å²) in [5, 5.41) is 9.62. The van der Waals surface area contributed by atoms with Crippen LogP contribution in [0.1, 0.15) is 11.6 Å². The fourth-order valence-electron chi connectivity index (χ4n) is 1.12. The zero-order valence-corrected chi connectivity index (χ0v) is 9.21. The minimum atomic E-state index is -0.832. The van der Waals surface area contributed by atoms with E-state index in [1.807, 2.05) is 0 Å². The van der Waals surface area contributed by atoms with Crippen molar-refractivity contribution in [2.75, 3.05) is 13.8 Å². The number of methoxy groups -OCH3 is 1. The van der Waals surface area contributed by atoms with Crippen LogP contribution < -0.4 is 10.5 Å². The average Bonchev–Trinajstić information content (AvgIpc) is 2.19. The standard InChI is InChI=1S/C9H11BrFNO2/c1-14-8-3-5(10)2-6(9(8)13)7(12)4-11/h2-3,7,13H,4,12H2,1H3/t7-/m1/s1. The molecule has 0 radical (unpaired) electrons. The Morgan fingerprint density at radius 2 is 2.29 bits per heavy atom. The molecule has 1 aromatic rings. The number of benzene rings is 1. The van der Waals surface area contributed by atoms with E-state index in [1.165, 1.54) is 7.11 Å². The monoisotopic (exact) mass is 263 g/mol. The second-order valence-electron chi connectivity index (χ2n) is 2.81. The average molecular weight is 264 g/mol. The normalized spacial score (nSPS) is 12.6. The summed E-state index contributed by atoms with van der Waals surface area (Å²) in [5.41, 5.74) is 5.81. The zero-order chi connectivity index (χ0) is 10.7. The Hall–Kier alpha value is -0.810. The third kappa shape index (κ3) is 2.16. The number of phenolic OH excluding ortho intramolecular Hbond substituents is 1. The van der Waals surface area contributed by atoms with E-state index in [1.54, 1.807) is 12.1 Å². The maximum absolute atomic E-state index is 12.3. The summed E-state index contributed by atoms with van der Waals surface area (Å²) in [5.74, 6) is 0.166. The summed E-state index contributed by atoms with van der Waals surface area (Å²) < 4.78 is 17.9. The highest BCUT2D eigenvalue weighted by Crippen LogP contribution is 2.36. The van der Waals surface area contributed by atoms with Crippen molar-refractivity contribution in [1.29, 1.82) is 0 Å². The molecule has 0 saturated carbocycles. The van der Waals surface area contributed by atoms with E-state index in [2.05, 4.69) is 15.9 Å². The summed E-state index contributed by atoms with van der Waals surface area (Å²) in [4.78, 5) is 0. The third-order valence-electron chi connectivity index (χ3n) is 1.85. The van der Waals surface area contributed by atoms with E-state index in [-0.39, 0.29) is 11.5 Å². The Labute approximate surface area is 89.8 Å². The van der Waals surface area contributed by atoms with Gasteiger partial charge >= 0.3 is 0 Å². The molecule has 3 N–H and O–H groups in total. The summed E-state index contributed by atoms with van der Waals surface area (Å²) in [6.07, 6.45) is 0. The third-order valence-corrected chi connectivity index (χ3v) is 2.31. The maximum Gasteiger partial charge on any atom is 0.162 e. The lowest BCUT2D eigenvalue weighted by Crippen LogP contribution is -2.12. The molecule has 14 heavy (non-hydrogen) atoms. The van der Waals surface area contributed by atoms with Crippen molar-refractivity contribution < 1.29 is 14.2 Å². The molecule has 1 atom stereocenters. The van der Waals surface area contributed by atoms with Gasteiger partial charge < -0.3 is 15.6 Å². The summed E-state index contributed by atoms with van der Waals surface area (Å²) in [7, 11) is 1.42. The fraction of sp³-hybridized carbons (Fsp3) is 0.333. The minimum Gasteiger partial charge on any atom is -0.504 e. The molecule has 0 aliphatic rings. The Morgan fingerprint density at radius 1 is 1.64 bits per heavy atom. The maximum atomic E-state index is 12.3. The number of nitrogens with two attached hydrogens (primary N) is 1. The second-order valence-corrected chi connectivity index (χ2v) is 3.72. The van der Waals surface area contributed by atoms with Crippen LogP contribution in [0.3, 0.4) is 0 Å². The molecule has 0 aliphatic heterocycles.